The minimum atomic E-state index is -1.35. The summed E-state index contributed by atoms with van der Waals surface area (Å²) in [7, 11) is 1.82. The molecule has 0 saturated heterocycles. The summed E-state index contributed by atoms with van der Waals surface area (Å²) >= 11 is 0. The second-order valence-electron chi connectivity index (χ2n) is 6.57. The molecule has 2 atom stereocenters. The maximum Gasteiger partial charge on any atom is 0.333 e. The van der Waals surface area contributed by atoms with Crippen LogP contribution < -0.4 is 10.2 Å². The van der Waals surface area contributed by atoms with E-state index in [9.17, 15) is 9.59 Å². The first-order valence-electron chi connectivity index (χ1n) is 8.21. The van der Waals surface area contributed by atoms with E-state index in [2.05, 4.69) is 10.3 Å². The third-order valence-electron chi connectivity index (χ3n) is 4.99. The molecule has 7 heteroatoms. The molecule has 1 aromatic carbocycles. The molecule has 0 fully saturated rings. The Morgan fingerprint density at radius 3 is 2.60 bits per heavy atom. The molecule has 2 unspecified atom stereocenters. The van der Waals surface area contributed by atoms with Gasteiger partial charge in [0.15, 0.2) is 11.4 Å². The molecule has 0 bridgehead atoms. The van der Waals surface area contributed by atoms with Crippen molar-refractivity contribution >= 4 is 23.5 Å². The number of hydrogen-bond donors (Lipinski definition) is 1. The number of nitrogens with zero attached hydrogens (tertiary/aromatic N) is 2. The van der Waals surface area contributed by atoms with Crippen LogP contribution in [0.4, 0.5) is 5.69 Å². The Morgan fingerprint density at radius 1 is 1.16 bits per heavy atom. The van der Waals surface area contributed by atoms with Crippen LogP contribution in [0.5, 0.6) is 0 Å². The van der Waals surface area contributed by atoms with Gasteiger partial charge < -0.3 is 19.7 Å². The van der Waals surface area contributed by atoms with Crippen LogP contribution in [-0.2, 0) is 25.5 Å². The van der Waals surface area contributed by atoms with E-state index in [0.29, 0.717) is 25.3 Å². The minimum absolute atomic E-state index is 0.404. The number of aliphatic imine (C=N–C) groups is 1. The predicted molar refractivity (Wildman–Crippen MR) is 91.3 cm³/mol. The third-order valence-corrected chi connectivity index (χ3v) is 4.99. The van der Waals surface area contributed by atoms with Crippen LogP contribution in [-0.4, -0.2) is 49.2 Å². The first-order valence-corrected chi connectivity index (χ1v) is 8.21. The van der Waals surface area contributed by atoms with Crippen molar-refractivity contribution in [3.63, 3.8) is 0 Å². The van der Waals surface area contributed by atoms with Crippen LogP contribution in [0.25, 0.3) is 0 Å². The molecular weight excluding hydrogens is 322 g/mol. The summed E-state index contributed by atoms with van der Waals surface area (Å²) < 4.78 is 11.7. The van der Waals surface area contributed by atoms with E-state index in [1.165, 1.54) is 0 Å². The lowest BCUT2D eigenvalue weighted by Gasteiger charge is -2.54. The first-order chi connectivity index (χ1) is 12.0. The van der Waals surface area contributed by atoms with Gasteiger partial charge in [0.25, 0.3) is 5.72 Å². The van der Waals surface area contributed by atoms with Crippen LogP contribution in [0.3, 0.4) is 0 Å². The van der Waals surface area contributed by atoms with E-state index in [1.54, 1.807) is 6.92 Å². The van der Waals surface area contributed by atoms with Gasteiger partial charge in [-0.3, -0.25) is 4.99 Å². The standard InChI is InChI=1S/C18H19N3O4/c1-17-11-12-5-3-4-6-13(12)21(2)18(17,16-19-9-10-20-16)25-15(23)8-7-14(22)24-17/h3-8H,9-11H2,1-2H3,(H,19,20)/b8-7-. The Hall–Kier alpha value is -2.83. The van der Waals surface area contributed by atoms with Crippen molar-refractivity contribution in [1.82, 2.24) is 5.32 Å². The van der Waals surface area contributed by atoms with Crippen LogP contribution >= 0.6 is 0 Å². The fourth-order valence-electron chi connectivity index (χ4n) is 3.93. The summed E-state index contributed by atoms with van der Waals surface area (Å²) in [5, 5.41) is 3.20. The molecule has 1 N–H and O–H groups in total. The van der Waals surface area contributed by atoms with Gasteiger partial charge in [0.05, 0.1) is 6.54 Å². The number of amidine groups is 1. The van der Waals surface area contributed by atoms with Crippen molar-refractivity contribution in [1.29, 1.82) is 0 Å². The van der Waals surface area contributed by atoms with E-state index in [4.69, 9.17) is 9.47 Å². The number of hydrogen-bond acceptors (Lipinski definition) is 7. The van der Waals surface area contributed by atoms with Gasteiger partial charge in [-0.1, -0.05) is 18.2 Å². The zero-order valence-corrected chi connectivity index (χ0v) is 14.1. The Morgan fingerprint density at radius 2 is 1.88 bits per heavy atom. The predicted octanol–water partition coefficient (Wildman–Crippen LogP) is 0.792. The number of likely N-dealkylation sites (N-methyl/N-ethyl adjacent to an activating group) is 1. The van der Waals surface area contributed by atoms with E-state index in [-0.39, 0.29) is 0 Å². The van der Waals surface area contributed by atoms with E-state index >= 15 is 0 Å². The Balaban J connectivity index is 1.98. The zero-order chi connectivity index (χ0) is 17.7. The third kappa shape index (κ3) is 2.15. The van der Waals surface area contributed by atoms with Crippen LogP contribution in [0.2, 0.25) is 0 Å². The van der Waals surface area contributed by atoms with Gasteiger partial charge in [-0.25, -0.2) is 9.59 Å². The molecule has 3 heterocycles. The number of benzene rings is 1. The maximum atomic E-state index is 12.4. The summed E-state index contributed by atoms with van der Waals surface area (Å²) in [4.78, 5) is 30.9. The van der Waals surface area contributed by atoms with Crippen LogP contribution in [0, 0.1) is 0 Å². The van der Waals surface area contributed by atoms with Crippen LogP contribution in [0.15, 0.2) is 41.4 Å². The number of carbonyl (C=O) groups is 2. The smallest absolute Gasteiger partial charge is 0.333 e. The molecule has 130 valence electrons. The summed E-state index contributed by atoms with van der Waals surface area (Å²) in [5.41, 5.74) is -0.570. The molecule has 0 radical (unpaired) electrons. The quantitative estimate of drug-likeness (QED) is 0.761. The van der Waals surface area contributed by atoms with Gasteiger partial charge >= 0.3 is 11.9 Å². The Kier molecular flexibility index (Phi) is 3.35. The van der Waals surface area contributed by atoms with Crippen molar-refractivity contribution < 1.29 is 19.1 Å². The fraction of sp³-hybridized carbons (Fsp3) is 0.389. The molecule has 0 aliphatic carbocycles. The number of esters is 2. The van der Waals surface area contributed by atoms with E-state index < -0.39 is 23.3 Å². The zero-order valence-electron chi connectivity index (χ0n) is 14.1. The summed E-state index contributed by atoms with van der Waals surface area (Å²) in [6.45, 7) is 3.00. The maximum absolute atomic E-state index is 12.4. The molecule has 7 nitrogen and oxygen atoms in total. The van der Waals surface area contributed by atoms with Crippen molar-refractivity contribution in [2.45, 2.75) is 24.7 Å². The van der Waals surface area contributed by atoms with Gasteiger partial charge in [-0.15, -0.1) is 0 Å². The summed E-state index contributed by atoms with van der Waals surface area (Å²) in [6, 6.07) is 7.79. The molecule has 0 spiro atoms. The number of carbonyl (C=O) groups excluding carboxylic acids is 2. The Bertz CT molecular complexity index is 818. The highest BCUT2D eigenvalue weighted by atomic mass is 16.6. The van der Waals surface area contributed by atoms with Gasteiger partial charge in [-0.2, -0.15) is 0 Å². The van der Waals surface area contributed by atoms with Gasteiger partial charge in [-0.05, 0) is 18.6 Å². The second-order valence-corrected chi connectivity index (χ2v) is 6.57. The Labute approximate surface area is 145 Å². The van der Waals surface area contributed by atoms with Gasteiger partial charge in [0, 0.05) is 37.9 Å². The lowest BCUT2D eigenvalue weighted by molar-refractivity contribution is -0.192. The normalized spacial score (nSPS) is 32.2. The molecule has 1 aromatic rings. The fourth-order valence-corrected chi connectivity index (χ4v) is 3.93. The SMILES string of the molecule is CN1c2ccccc2CC2(C)OC(=O)/C=C\C(=O)OC12C1=NCCN1. The number of nitrogens with one attached hydrogen (secondary N) is 1. The van der Waals surface area contributed by atoms with Crippen molar-refractivity contribution in [2.75, 3.05) is 25.0 Å². The number of para-hydroxylation sites is 1. The largest absolute Gasteiger partial charge is 0.449 e. The highest BCUT2D eigenvalue weighted by molar-refractivity contribution is 6.02. The van der Waals surface area contributed by atoms with Crippen molar-refractivity contribution in [2.24, 2.45) is 4.99 Å². The molecule has 3 aliphatic heterocycles. The number of anilines is 1. The van der Waals surface area contributed by atoms with Crippen molar-refractivity contribution in [3.8, 4) is 0 Å². The molecule has 25 heavy (non-hydrogen) atoms. The van der Waals surface area contributed by atoms with Gasteiger partial charge in [0.2, 0.25) is 0 Å². The lowest BCUT2D eigenvalue weighted by atomic mass is 9.78. The van der Waals surface area contributed by atoms with Crippen LogP contribution in [0.1, 0.15) is 12.5 Å². The molecule has 4 rings (SSSR count). The molecule has 0 saturated carbocycles. The van der Waals surface area contributed by atoms with E-state index in [1.807, 2.05) is 36.2 Å². The van der Waals surface area contributed by atoms with Gasteiger partial charge in [0.1, 0.15) is 0 Å². The highest BCUT2D eigenvalue weighted by Gasteiger charge is 2.64. The molecule has 0 amide bonds. The summed E-state index contributed by atoms with van der Waals surface area (Å²) in [6.07, 6.45) is 2.59. The first kappa shape index (κ1) is 15.7. The number of fused-ring (bicyclic) bond motifs is 2. The number of rotatable bonds is 1. The topological polar surface area (TPSA) is 80.2 Å². The highest BCUT2D eigenvalue weighted by Crippen LogP contribution is 2.46. The summed E-state index contributed by atoms with van der Waals surface area (Å²) in [5.74, 6) is -0.677. The molecule has 3 aliphatic rings. The lowest BCUT2D eigenvalue weighted by Crippen LogP contribution is -2.75. The van der Waals surface area contributed by atoms with E-state index in [0.717, 1.165) is 23.4 Å². The average Bonchev–Trinajstić information content (AvgIpc) is 3.10. The molecule has 0 aromatic heterocycles. The second kappa shape index (κ2) is 5.34. The van der Waals surface area contributed by atoms with Crippen molar-refractivity contribution in [3.05, 3.63) is 42.0 Å². The molecular formula is C18H19N3O4. The number of ether oxygens (including phenoxy) is 2. The monoisotopic (exact) mass is 341 g/mol. The minimum Gasteiger partial charge on any atom is -0.449 e. The average molecular weight is 341 g/mol.